The molecule has 1 saturated carbocycles. The first-order valence-electron chi connectivity index (χ1n) is 7.54. The molecular weight excluding hydrogens is 304 g/mol. The van der Waals surface area contributed by atoms with E-state index in [1.807, 2.05) is 0 Å². The van der Waals surface area contributed by atoms with Crippen molar-refractivity contribution in [3.63, 3.8) is 0 Å². The number of nitro benzene ring substituents is 1. The first-order valence-corrected chi connectivity index (χ1v) is 9.43. The van der Waals surface area contributed by atoms with Crippen LogP contribution >= 0.6 is 0 Å². The van der Waals surface area contributed by atoms with Gasteiger partial charge in [0.1, 0.15) is 4.90 Å². The van der Waals surface area contributed by atoms with Gasteiger partial charge in [0, 0.05) is 24.1 Å². The van der Waals surface area contributed by atoms with Crippen molar-refractivity contribution in [2.75, 3.05) is 11.6 Å². The maximum Gasteiger partial charge on any atom is 0.288 e. The molecule has 7 heteroatoms. The van der Waals surface area contributed by atoms with Crippen LogP contribution in [0.25, 0.3) is 0 Å². The van der Waals surface area contributed by atoms with Gasteiger partial charge in [-0.15, -0.1) is 0 Å². The molecule has 6 nitrogen and oxygen atoms in total. The Labute approximate surface area is 131 Å². The number of nitrogens with zero attached hydrogens (tertiary/aromatic N) is 1. The normalized spacial score (nSPS) is 17.9. The van der Waals surface area contributed by atoms with Gasteiger partial charge in [-0.2, -0.15) is 0 Å². The van der Waals surface area contributed by atoms with E-state index < -0.39 is 14.8 Å². The number of hydrogen-bond acceptors (Lipinski definition) is 5. The summed E-state index contributed by atoms with van der Waals surface area (Å²) in [6, 6.07) is 4.42. The molecule has 1 atom stereocenters. The van der Waals surface area contributed by atoms with E-state index in [1.165, 1.54) is 44.2 Å². The number of rotatable bonds is 5. The van der Waals surface area contributed by atoms with E-state index >= 15 is 0 Å². The Kier molecular flexibility index (Phi) is 5.05. The summed E-state index contributed by atoms with van der Waals surface area (Å²) in [4.78, 5) is 10.1. The maximum atomic E-state index is 11.8. The van der Waals surface area contributed by atoms with Crippen LogP contribution in [0.3, 0.4) is 0 Å². The first-order chi connectivity index (χ1) is 10.3. The minimum atomic E-state index is -3.64. The second-order valence-electron chi connectivity index (χ2n) is 6.04. The van der Waals surface area contributed by atoms with Crippen molar-refractivity contribution in [1.29, 1.82) is 0 Å². The maximum absolute atomic E-state index is 11.8. The van der Waals surface area contributed by atoms with Gasteiger partial charge in [0.2, 0.25) is 0 Å². The van der Waals surface area contributed by atoms with E-state index in [0.29, 0.717) is 11.6 Å². The lowest BCUT2D eigenvalue weighted by molar-refractivity contribution is -0.387. The lowest BCUT2D eigenvalue weighted by Gasteiger charge is -2.29. The highest BCUT2D eigenvalue weighted by molar-refractivity contribution is 7.90. The Bertz CT molecular complexity index is 652. The number of anilines is 1. The van der Waals surface area contributed by atoms with Crippen molar-refractivity contribution in [2.45, 2.75) is 50.0 Å². The van der Waals surface area contributed by atoms with E-state index in [0.717, 1.165) is 6.26 Å². The van der Waals surface area contributed by atoms with Gasteiger partial charge in [-0.3, -0.25) is 10.1 Å². The highest BCUT2D eigenvalue weighted by atomic mass is 32.2. The highest BCUT2D eigenvalue weighted by Gasteiger charge is 2.24. The monoisotopic (exact) mass is 326 g/mol. The Balaban J connectivity index is 2.23. The van der Waals surface area contributed by atoms with Crippen LogP contribution in [0.5, 0.6) is 0 Å². The summed E-state index contributed by atoms with van der Waals surface area (Å²) in [5, 5.41) is 14.3. The summed E-state index contributed by atoms with van der Waals surface area (Å²) >= 11 is 0. The molecule has 1 aliphatic rings. The molecule has 1 aromatic rings. The predicted octanol–water partition coefficient (Wildman–Crippen LogP) is 3.38. The minimum absolute atomic E-state index is 0.217. The zero-order valence-electron chi connectivity index (χ0n) is 12.9. The number of nitro groups is 1. The molecule has 0 saturated heterocycles. The molecule has 0 radical (unpaired) electrons. The Hall–Kier alpha value is -1.63. The molecule has 0 aromatic heterocycles. The van der Waals surface area contributed by atoms with E-state index in [1.54, 1.807) is 6.07 Å². The SMILES string of the molecule is CC(Nc1ccc([N+](=O)[O-])c(S(C)(=O)=O)c1)C1CCCCC1. The molecule has 1 aromatic carbocycles. The number of nitrogens with one attached hydrogen (secondary N) is 1. The molecule has 1 N–H and O–H groups in total. The topological polar surface area (TPSA) is 89.3 Å². The average molecular weight is 326 g/mol. The quantitative estimate of drug-likeness (QED) is 0.662. The van der Waals surface area contributed by atoms with Crippen LogP contribution in [-0.2, 0) is 9.84 Å². The number of sulfone groups is 1. The van der Waals surface area contributed by atoms with Crippen LogP contribution in [0.1, 0.15) is 39.0 Å². The van der Waals surface area contributed by atoms with Crippen molar-refractivity contribution in [3.8, 4) is 0 Å². The molecule has 0 amide bonds. The summed E-state index contributed by atoms with van der Waals surface area (Å²) in [6.45, 7) is 2.08. The van der Waals surface area contributed by atoms with Crippen LogP contribution in [0, 0.1) is 16.0 Å². The Morgan fingerprint density at radius 2 is 1.91 bits per heavy atom. The zero-order valence-corrected chi connectivity index (χ0v) is 13.7. The summed E-state index contributed by atoms with van der Waals surface area (Å²) in [7, 11) is -3.64. The number of hydrogen-bond donors (Lipinski definition) is 1. The van der Waals surface area contributed by atoms with Gasteiger partial charge >= 0.3 is 0 Å². The summed E-state index contributed by atoms with van der Waals surface area (Å²) in [6.07, 6.45) is 7.06. The van der Waals surface area contributed by atoms with Crippen molar-refractivity contribution < 1.29 is 13.3 Å². The number of benzene rings is 1. The van der Waals surface area contributed by atoms with E-state index in [4.69, 9.17) is 0 Å². The van der Waals surface area contributed by atoms with E-state index in [-0.39, 0.29) is 16.6 Å². The van der Waals surface area contributed by atoms with Gasteiger partial charge in [-0.1, -0.05) is 19.3 Å². The van der Waals surface area contributed by atoms with Gasteiger partial charge in [0.15, 0.2) is 9.84 Å². The van der Waals surface area contributed by atoms with Gasteiger partial charge < -0.3 is 5.32 Å². The second kappa shape index (κ2) is 6.64. The smallest absolute Gasteiger partial charge is 0.288 e. The molecule has 0 heterocycles. The van der Waals surface area contributed by atoms with Crippen LogP contribution in [0.15, 0.2) is 23.1 Å². The highest BCUT2D eigenvalue weighted by Crippen LogP contribution is 2.30. The average Bonchev–Trinajstić information content (AvgIpc) is 2.47. The summed E-state index contributed by atoms with van der Waals surface area (Å²) < 4.78 is 23.5. The minimum Gasteiger partial charge on any atom is -0.382 e. The van der Waals surface area contributed by atoms with Crippen LogP contribution < -0.4 is 5.32 Å². The van der Waals surface area contributed by atoms with Crippen molar-refractivity contribution in [1.82, 2.24) is 0 Å². The molecule has 1 aliphatic carbocycles. The van der Waals surface area contributed by atoms with Crippen LogP contribution in [0.4, 0.5) is 11.4 Å². The third-order valence-corrected chi connectivity index (χ3v) is 5.43. The fourth-order valence-corrected chi connectivity index (χ4v) is 3.93. The molecular formula is C15H22N2O4S. The Morgan fingerprint density at radius 3 is 2.45 bits per heavy atom. The molecule has 22 heavy (non-hydrogen) atoms. The third-order valence-electron chi connectivity index (χ3n) is 4.31. The molecule has 1 unspecified atom stereocenters. The first kappa shape index (κ1) is 16.7. The van der Waals surface area contributed by atoms with Crippen LogP contribution in [0.2, 0.25) is 0 Å². The van der Waals surface area contributed by atoms with Crippen molar-refractivity contribution >= 4 is 21.2 Å². The van der Waals surface area contributed by atoms with E-state index in [2.05, 4.69) is 12.2 Å². The van der Waals surface area contributed by atoms with Gasteiger partial charge in [-0.25, -0.2) is 8.42 Å². The fraction of sp³-hybridized carbons (Fsp3) is 0.600. The molecule has 1 fully saturated rings. The molecule has 0 aliphatic heterocycles. The van der Waals surface area contributed by atoms with Gasteiger partial charge in [-0.05, 0) is 37.8 Å². The summed E-state index contributed by atoms with van der Waals surface area (Å²) in [5.74, 6) is 0.561. The zero-order chi connectivity index (χ0) is 16.3. The lowest BCUT2D eigenvalue weighted by atomic mass is 9.84. The van der Waals surface area contributed by atoms with Crippen LogP contribution in [-0.4, -0.2) is 25.6 Å². The fourth-order valence-electron chi connectivity index (χ4n) is 3.07. The molecule has 2 rings (SSSR count). The lowest BCUT2D eigenvalue weighted by Crippen LogP contribution is -2.27. The predicted molar refractivity (Wildman–Crippen MR) is 85.9 cm³/mol. The molecule has 0 spiro atoms. The molecule has 122 valence electrons. The van der Waals surface area contributed by atoms with Crippen molar-refractivity contribution in [2.24, 2.45) is 5.92 Å². The van der Waals surface area contributed by atoms with Crippen molar-refractivity contribution in [3.05, 3.63) is 28.3 Å². The summed E-state index contributed by atoms with van der Waals surface area (Å²) in [5.41, 5.74) is 0.238. The third kappa shape index (κ3) is 3.97. The largest absolute Gasteiger partial charge is 0.382 e. The van der Waals surface area contributed by atoms with Gasteiger partial charge in [0.25, 0.3) is 5.69 Å². The standard InChI is InChI=1S/C15H22N2O4S/c1-11(12-6-4-3-5-7-12)16-13-8-9-14(17(18)19)15(10-13)22(2,20)21/h8-12,16H,3-7H2,1-2H3. The molecule has 0 bridgehead atoms. The Morgan fingerprint density at radius 1 is 1.27 bits per heavy atom. The second-order valence-corrected chi connectivity index (χ2v) is 8.03. The van der Waals surface area contributed by atoms with E-state index in [9.17, 15) is 18.5 Å². The van der Waals surface area contributed by atoms with Gasteiger partial charge in [0.05, 0.1) is 4.92 Å².